The molecule has 0 radical (unpaired) electrons. The molecule has 190 valence electrons. The predicted molar refractivity (Wildman–Crippen MR) is 120 cm³/mol. The largest absolute Gasteiger partial charge is 0.434 e. The highest BCUT2D eigenvalue weighted by atomic mass is 19.3. The van der Waals surface area contributed by atoms with E-state index in [-0.39, 0.29) is 35.0 Å². The Bertz CT molecular complexity index is 1370. The summed E-state index contributed by atoms with van der Waals surface area (Å²) in [5.41, 5.74) is -0.0431. The summed E-state index contributed by atoms with van der Waals surface area (Å²) in [5.74, 6) is -0.748. The molecule has 14 heteroatoms. The van der Waals surface area contributed by atoms with Crippen LogP contribution in [0.1, 0.15) is 23.8 Å². The van der Waals surface area contributed by atoms with Gasteiger partial charge in [-0.15, -0.1) is 0 Å². The van der Waals surface area contributed by atoms with Gasteiger partial charge in [0.05, 0.1) is 17.4 Å². The van der Waals surface area contributed by atoms with Gasteiger partial charge in [0.25, 0.3) is 6.43 Å². The summed E-state index contributed by atoms with van der Waals surface area (Å²) in [6.07, 6.45) is 1.55. The van der Waals surface area contributed by atoms with E-state index in [1.54, 1.807) is 12.3 Å². The van der Waals surface area contributed by atoms with E-state index < -0.39 is 30.6 Å². The lowest BCUT2D eigenvalue weighted by molar-refractivity contribution is -0.129. The van der Waals surface area contributed by atoms with Crippen LogP contribution in [0.5, 0.6) is 5.75 Å². The SMILES string of the molecule is CN(C)C(=O)Cn1cc(NC(O)c2cnn3cccnc23)c(-c2cc(C(F)F)ccc2OC(F)F)n1. The number of carbonyl (C=O) groups excluding carboxylic acids is 1. The highest BCUT2D eigenvalue weighted by Crippen LogP contribution is 2.38. The molecular weight excluding hydrogens is 486 g/mol. The number of aliphatic hydroxyl groups excluding tert-OH is 1. The van der Waals surface area contributed by atoms with Crippen molar-refractivity contribution in [3.8, 4) is 17.0 Å². The maximum Gasteiger partial charge on any atom is 0.387 e. The highest BCUT2D eigenvalue weighted by Gasteiger charge is 2.24. The maximum absolute atomic E-state index is 13.4. The van der Waals surface area contributed by atoms with Crippen molar-refractivity contribution in [2.45, 2.75) is 25.8 Å². The lowest BCUT2D eigenvalue weighted by Gasteiger charge is -2.15. The van der Waals surface area contributed by atoms with Crippen LogP contribution in [0.25, 0.3) is 16.9 Å². The number of carbonyl (C=O) groups is 1. The van der Waals surface area contributed by atoms with E-state index in [1.807, 2.05) is 0 Å². The Labute approximate surface area is 201 Å². The smallest absolute Gasteiger partial charge is 0.387 e. The molecule has 0 aliphatic rings. The summed E-state index contributed by atoms with van der Waals surface area (Å²) in [5, 5.41) is 22.0. The molecule has 0 aliphatic heterocycles. The number of anilines is 1. The van der Waals surface area contributed by atoms with Crippen LogP contribution in [-0.4, -0.2) is 61.0 Å². The summed E-state index contributed by atoms with van der Waals surface area (Å²) in [6, 6.07) is 4.57. The number of ether oxygens (including phenoxy) is 1. The number of alkyl halides is 4. The van der Waals surface area contributed by atoms with E-state index in [1.165, 1.54) is 46.8 Å². The number of amides is 1. The van der Waals surface area contributed by atoms with Gasteiger partial charge in [-0.3, -0.25) is 9.48 Å². The molecule has 0 bridgehead atoms. The van der Waals surface area contributed by atoms with Gasteiger partial charge in [-0.2, -0.15) is 19.0 Å². The lowest BCUT2D eigenvalue weighted by Crippen LogP contribution is -2.26. The Morgan fingerprint density at radius 3 is 2.72 bits per heavy atom. The average molecular weight is 507 g/mol. The van der Waals surface area contributed by atoms with Gasteiger partial charge in [0, 0.05) is 43.8 Å². The van der Waals surface area contributed by atoms with Crippen LogP contribution in [0, 0.1) is 0 Å². The zero-order chi connectivity index (χ0) is 26.0. The van der Waals surface area contributed by atoms with Crippen LogP contribution in [0.3, 0.4) is 0 Å². The molecule has 4 rings (SSSR count). The van der Waals surface area contributed by atoms with Gasteiger partial charge >= 0.3 is 6.61 Å². The second-order valence-corrected chi connectivity index (χ2v) is 7.85. The monoisotopic (exact) mass is 507 g/mol. The molecule has 1 amide bonds. The third-order valence-electron chi connectivity index (χ3n) is 5.18. The number of hydrogen-bond acceptors (Lipinski definition) is 7. The molecule has 3 aromatic heterocycles. The molecule has 0 saturated carbocycles. The van der Waals surface area contributed by atoms with E-state index in [0.717, 1.165) is 18.2 Å². The molecule has 2 N–H and O–H groups in total. The van der Waals surface area contributed by atoms with Crippen LogP contribution < -0.4 is 10.1 Å². The van der Waals surface area contributed by atoms with Crippen molar-refractivity contribution in [3.05, 3.63) is 60.2 Å². The zero-order valence-corrected chi connectivity index (χ0v) is 19.0. The first-order valence-corrected chi connectivity index (χ1v) is 10.5. The molecule has 0 fully saturated rings. The second kappa shape index (κ2) is 10.2. The normalized spacial score (nSPS) is 12.4. The van der Waals surface area contributed by atoms with E-state index in [4.69, 9.17) is 0 Å². The Morgan fingerprint density at radius 1 is 1.25 bits per heavy atom. The molecular formula is C22H21F4N7O3. The minimum Gasteiger partial charge on any atom is -0.434 e. The summed E-state index contributed by atoms with van der Waals surface area (Å²) in [6.45, 7) is -3.47. The number of hydrogen-bond donors (Lipinski definition) is 2. The van der Waals surface area contributed by atoms with Gasteiger partial charge in [0.1, 0.15) is 18.0 Å². The molecule has 1 aromatic carbocycles. The lowest BCUT2D eigenvalue weighted by atomic mass is 10.1. The number of aliphatic hydroxyl groups is 1. The van der Waals surface area contributed by atoms with Crippen molar-refractivity contribution in [1.82, 2.24) is 29.3 Å². The van der Waals surface area contributed by atoms with Crippen LogP contribution in [0.2, 0.25) is 0 Å². The van der Waals surface area contributed by atoms with Crippen molar-refractivity contribution in [2.24, 2.45) is 0 Å². The quantitative estimate of drug-likeness (QED) is 0.264. The molecule has 1 atom stereocenters. The van der Waals surface area contributed by atoms with Gasteiger partial charge in [0.15, 0.2) is 11.9 Å². The first kappa shape index (κ1) is 24.9. The van der Waals surface area contributed by atoms with Gasteiger partial charge in [-0.25, -0.2) is 18.3 Å². The summed E-state index contributed by atoms with van der Waals surface area (Å²) >= 11 is 0. The number of nitrogens with zero attached hydrogens (tertiary/aromatic N) is 6. The number of benzene rings is 1. The van der Waals surface area contributed by atoms with E-state index in [2.05, 4.69) is 25.2 Å². The van der Waals surface area contributed by atoms with Crippen LogP contribution in [0.15, 0.2) is 49.1 Å². The average Bonchev–Trinajstić information content (AvgIpc) is 3.42. The fourth-order valence-corrected chi connectivity index (χ4v) is 3.42. The van der Waals surface area contributed by atoms with E-state index in [9.17, 15) is 27.5 Å². The van der Waals surface area contributed by atoms with Crippen molar-refractivity contribution < 1.29 is 32.2 Å². The third kappa shape index (κ3) is 5.22. The van der Waals surface area contributed by atoms with Crippen LogP contribution >= 0.6 is 0 Å². The first-order valence-electron chi connectivity index (χ1n) is 10.5. The van der Waals surface area contributed by atoms with Gasteiger partial charge < -0.3 is 20.1 Å². The van der Waals surface area contributed by atoms with E-state index >= 15 is 0 Å². The predicted octanol–water partition coefficient (Wildman–Crippen LogP) is 3.32. The fourth-order valence-electron chi connectivity index (χ4n) is 3.42. The standard InChI is InChI=1S/C22H21F4N7O3/c1-31(2)17(34)11-32-10-15(29-21(35)14-9-28-33-7-3-6-27-20(14)33)18(30-32)13-8-12(19(23)24)4-5-16(13)36-22(25)26/h3-10,19,21-22,29,35H,11H2,1-2H3. The number of nitrogens with one attached hydrogen (secondary N) is 1. The van der Waals surface area contributed by atoms with E-state index in [0.29, 0.717) is 5.65 Å². The van der Waals surface area contributed by atoms with Crippen LogP contribution in [-0.2, 0) is 11.3 Å². The molecule has 0 saturated heterocycles. The summed E-state index contributed by atoms with van der Waals surface area (Å²) < 4.78 is 60.2. The van der Waals surface area contributed by atoms with Crippen molar-refractivity contribution >= 4 is 17.2 Å². The number of likely N-dealkylation sites (N-methyl/N-ethyl adjacent to an activating group) is 1. The Kier molecular flexibility index (Phi) is 7.05. The van der Waals surface area contributed by atoms with Gasteiger partial charge in [0.2, 0.25) is 5.91 Å². The minimum atomic E-state index is -3.23. The summed E-state index contributed by atoms with van der Waals surface area (Å²) in [4.78, 5) is 17.7. The zero-order valence-electron chi connectivity index (χ0n) is 19.0. The van der Waals surface area contributed by atoms with Crippen molar-refractivity contribution in [1.29, 1.82) is 0 Å². The maximum atomic E-state index is 13.4. The van der Waals surface area contributed by atoms with Gasteiger partial charge in [-0.1, -0.05) is 0 Å². The van der Waals surface area contributed by atoms with Crippen LogP contribution in [0.4, 0.5) is 23.2 Å². The molecule has 4 aromatic rings. The summed E-state index contributed by atoms with van der Waals surface area (Å²) in [7, 11) is 3.07. The Balaban J connectivity index is 1.80. The van der Waals surface area contributed by atoms with Crippen molar-refractivity contribution in [2.75, 3.05) is 19.4 Å². The first-order chi connectivity index (χ1) is 17.1. The third-order valence-corrected chi connectivity index (χ3v) is 5.18. The van der Waals surface area contributed by atoms with Crippen molar-refractivity contribution in [3.63, 3.8) is 0 Å². The number of aromatic nitrogens is 5. The molecule has 10 nitrogen and oxygen atoms in total. The topological polar surface area (TPSA) is 110 Å². The molecule has 36 heavy (non-hydrogen) atoms. The molecule has 3 heterocycles. The number of rotatable bonds is 9. The fraction of sp³-hybridized carbons (Fsp3) is 0.273. The number of fused-ring (bicyclic) bond motifs is 1. The Morgan fingerprint density at radius 2 is 2.03 bits per heavy atom. The minimum absolute atomic E-state index is 0.0647. The second-order valence-electron chi connectivity index (χ2n) is 7.85. The molecule has 0 aliphatic carbocycles. The molecule has 1 unspecified atom stereocenters. The Hall–Kier alpha value is -4.20. The highest BCUT2D eigenvalue weighted by molar-refractivity contribution is 5.80. The molecule has 0 spiro atoms. The number of halogens is 4. The van der Waals surface area contributed by atoms with Gasteiger partial charge in [-0.05, 0) is 24.3 Å².